The number of nitrogens with zero attached hydrogens (tertiary/aromatic N) is 1. The second-order valence-corrected chi connectivity index (χ2v) is 5.85. The SMILES string of the molecule is CCOC(=O)N1CC[C@H]2Nc3c(Br)cccc3[C@H]2C1. The highest BCUT2D eigenvalue weighted by atomic mass is 79.9. The summed E-state index contributed by atoms with van der Waals surface area (Å²) in [6, 6.07) is 6.67. The fourth-order valence-corrected chi connectivity index (χ4v) is 3.50. The number of amides is 1. The quantitative estimate of drug-likeness (QED) is 0.862. The first-order chi connectivity index (χ1) is 9.20. The molecule has 5 heteroatoms. The number of nitrogens with one attached hydrogen (secondary N) is 1. The van der Waals surface area contributed by atoms with Crippen molar-refractivity contribution in [3.05, 3.63) is 28.2 Å². The van der Waals surface area contributed by atoms with E-state index < -0.39 is 0 Å². The Morgan fingerprint density at radius 3 is 3.21 bits per heavy atom. The predicted octanol–water partition coefficient (Wildman–Crippen LogP) is 3.19. The van der Waals surface area contributed by atoms with Crippen molar-refractivity contribution < 1.29 is 9.53 Å². The number of para-hydroxylation sites is 1. The van der Waals surface area contributed by atoms with Gasteiger partial charge in [0.05, 0.1) is 12.3 Å². The molecule has 1 amide bonds. The average Bonchev–Trinajstić information content (AvgIpc) is 2.78. The van der Waals surface area contributed by atoms with Crippen LogP contribution in [0.5, 0.6) is 0 Å². The van der Waals surface area contributed by atoms with Gasteiger partial charge < -0.3 is 15.0 Å². The number of halogens is 1. The molecule has 2 heterocycles. The Labute approximate surface area is 121 Å². The largest absolute Gasteiger partial charge is 0.450 e. The lowest BCUT2D eigenvalue weighted by molar-refractivity contribution is 0.0949. The van der Waals surface area contributed by atoms with Gasteiger partial charge in [-0.3, -0.25) is 0 Å². The molecule has 1 aromatic carbocycles. The maximum atomic E-state index is 11.8. The summed E-state index contributed by atoms with van der Waals surface area (Å²) < 4.78 is 6.20. The van der Waals surface area contributed by atoms with E-state index in [-0.39, 0.29) is 6.09 Å². The highest BCUT2D eigenvalue weighted by Gasteiger charge is 2.39. The van der Waals surface area contributed by atoms with Crippen LogP contribution < -0.4 is 5.32 Å². The van der Waals surface area contributed by atoms with Gasteiger partial charge in [0.15, 0.2) is 0 Å². The number of rotatable bonds is 1. The van der Waals surface area contributed by atoms with Gasteiger partial charge in [-0.2, -0.15) is 0 Å². The van der Waals surface area contributed by atoms with Crippen LogP contribution in [-0.4, -0.2) is 36.7 Å². The van der Waals surface area contributed by atoms with E-state index >= 15 is 0 Å². The Morgan fingerprint density at radius 1 is 1.58 bits per heavy atom. The predicted molar refractivity (Wildman–Crippen MR) is 77.5 cm³/mol. The lowest BCUT2D eigenvalue weighted by Gasteiger charge is -2.34. The normalized spacial score (nSPS) is 24.4. The zero-order chi connectivity index (χ0) is 13.4. The van der Waals surface area contributed by atoms with Crippen LogP contribution in [0.25, 0.3) is 0 Å². The van der Waals surface area contributed by atoms with Crippen molar-refractivity contribution in [2.45, 2.75) is 25.3 Å². The van der Waals surface area contributed by atoms with Gasteiger partial charge in [0.2, 0.25) is 0 Å². The van der Waals surface area contributed by atoms with Crippen LogP contribution in [0.2, 0.25) is 0 Å². The summed E-state index contributed by atoms with van der Waals surface area (Å²) in [6.07, 6.45) is 0.773. The first-order valence-electron chi connectivity index (χ1n) is 6.67. The summed E-state index contributed by atoms with van der Waals surface area (Å²) in [4.78, 5) is 13.7. The van der Waals surface area contributed by atoms with Crippen LogP contribution in [0.3, 0.4) is 0 Å². The van der Waals surface area contributed by atoms with E-state index in [1.54, 1.807) is 0 Å². The van der Waals surface area contributed by atoms with Gasteiger partial charge in [-0.1, -0.05) is 12.1 Å². The zero-order valence-corrected chi connectivity index (χ0v) is 12.4. The summed E-state index contributed by atoms with van der Waals surface area (Å²) in [5, 5.41) is 3.57. The standard InChI is InChI=1S/C14H17BrN2O2/c1-2-19-14(18)17-7-6-12-10(8-17)9-4-3-5-11(15)13(9)16-12/h3-5,10,12,16H,2,6-8H2,1H3/t10-,12-/m1/s1. The van der Waals surface area contributed by atoms with Gasteiger partial charge >= 0.3 is 6.09 Å². The third-order valence-electron chi connectivity index (χ3n) is 3.91. The van der Waals surface area contributed by atoms with Gasteiger partial charge in [0.25, 0.3) is 0 Å². The molecule has 0 saturated carbocycles. The fourth-order valence-electron chi connectivity index (χ4n) is 3.01. The number of benzene rings is 1. The summed E-state index contributed by atoms with van der Waals surface area (Å²) in [5.74, 6) is 0.366. The Kier molecular flexibility index (Phi) is 3.39. The molecule has 1 saturated heterocycles. The lowest BCUT2D eigenvalue weighted by Crippen LogP contribution is -2.45. The van der Waals surface area contributed by atoms with E-state index in [2.05, 4.69) is 33.4 Å². The van der Waals surface area contributed by atoms with Crippen LogP contribution in [0.15, 0.2) is 22.7 Å². The van der Waals surface area contributed by atoms with Crippen molar-refractivity contribution in [3.8, 4) is 0 Å². The minimum absolute atomic E-state index is 0.190. The smallest absolute Gasteiger partial charge is 0.409 e. The molecule has 2 aliphatic heterocycles. The molecule has 0 bridgehead atoms. The monoisotopic (exact) mass is 324 g/mol. The Bertz CT molecular complexity index is 506. The van der Waals surface area contributed by atoms with E-state index in [1.165, 1.54) is 11.3 Å². The van der Waals surface area contributed by atoms with Crippen molar-refractivity contribution in [3.63, 3.8) is 0 Å². The van der Waals surface area contributed by atoms with Crippen molar-refractivity contribution in [1.82, 2.24) is 4.90 Å². The molecular formula is C14H17BrN2O2. The number of carbonyl (C=O) groups is 1. The Morgan fingerprint density at radius 2 is 2.42 bits per heavy atom. The van der Waals surface area contributed by atoms with Crippen molar-refractivity contribution >= 4 is 27.7 Å². The number of carbonyl (C=O) groups excluding carboxylic acids is 1. The van der Waals surface area contributed by atoms with Gasteiger partial charge in [-0.15, -0.1) is 0 Å². The van der Waals surface area contributed by atoms with Crippen LogP contribution in [0, 0.1) is 0 Å². The highest BCUT2D eigenvalue weighted by molar-refractivity contribution is 9.10. The number of piperidine rings is 1. The van der Waals surface area contributed by atoms with Gasteiger partial charge in [0.1, 0.15) is 0 Å². The maximum absolute atomic E-state index is 11.8. The summed E-state index contributed by atoms with van der Waals surface area (Å²) in [5.41, 5.74) is 2.48. The van der Waals surface area contributed by atoms with E-state index in [4.69, 9.17) is 4.74 Å². The Balaban J connectivity index is 1.81. The fraction of sp³-hybridized carbons (Fsp3) is 0.500. The van der Waals surface area contributed by atoms with Crippen molar-refractivity contribution in [2.75, 3.05) is 25.0 Å². The lowest BCUT2D eigenvalue weighted by atomic mass is 9.89. The Hall–Kier alpha value is -1.23. The highest BCUT2D eigenvalue weighted by Crippen LogP contribution is 2.43. The first kappa shape index (κ1) is 12.8. The maximum Gasteiger partial charge on any atom is 0.409 e. The summed E-state index contributed by atoms with van der Waals surface area (Å²) in [7, 11) is 0. The molecule has 0 radical (unpaired) electrons. The molecule has 4 nitrogen and oxygen atoms in total. The molecule has 3 rings (SSSR count). The molecule has 0 aromatic heterocycles. The zero-order valence-electron chi connectivity index (χ0n) is 10.9. The topological polar surface area (TPSA) is 41.6 Å². The van der Waals surface area contributed by atoms with E-state index in [0.717, 1.165) is 24.0 Å². The summed E-state index contributed by atoms with van der Waals surface area (Å²) in [6.45, 7) is 3.77. The molecule has 0 unspecified atom stereocenters. The molecule has 2 atom stereocenters. The minimum atomic E-state index is -0.190. The minimum Gasteiger partial charge on any atom is -0.450 e. The third-order valence-corrected chi connectivity index (χ3v) is 4.57. The summed E-state index contributed by atoms with van der Waals surface area (Å²) >= 11 is 3.58. The molecule has 1 aromatic rings. The van der Waals surface area contributed by atoms with Crippen LogP contribution >= 0.6 is 15.9 Å². The van der Waals surface area contributed by atoms with Crippen molar-refractivity contribution in [2.24, 2.45) is 0 Å². The molecule has 102 valence electrons. The van der Waals surface area contributed by atoms with E-state index in [9.17, 15) is 4.79 Å². The third kappa shape index (κ3) is 2.20. The molecular weight excluding hydrogens is 308 g/mol. The molecule has 19 heavy (non-hydrogen) atoms. The molecule has 0 spiro atoms. The van der Waals surface area contributed by atoms with E-state index in [0.29, 0.717) is 18.6 Å². The molecule has 0 aliphatic carbocycles. The number of fused-ring (bicyclic) bond motifs is 3. The van der Waals surface area contributed by atoms with Gasteiger partial charge in [-0.05, 0) is 40.9 Å². The number of hydrogen-bond acceptors (Lipinski definition) is 3. The molecule has 1 N–H and O–H groups in total. The first-order valence-corrected chi connectivity index (χ1v) is 7.46. The number of likely N-dealkylation sites (tertiary alicyclic amines) is 1. The van der Waals surface area contributed by atoms with Crippen LogP contribution in [0.4, 0.5) is 10.5 Å². The van der Waals surface area contributed by atoms with Crippen LogP contribution in [-0.2, 0) is 4.74 Å². The number of anilines is 1. The number of hydrogen-bond donors (Lipinski definition) is 1. The van der Waals surface area contributed by atoms with Crippen LogP contribution in [0.1, 0.15) is 24.8 Å². The second kappa shape index (κ2) is 5.04. The van der Waals surface area contributed by atoms with Gasteiger partial charge in [-0.25, -0.2) is 4.79 Å². The van der Waals surface area contributed by atoms with Crippen molar-refractivity contribution in [1.29, 1.82) is 0 Å². The van der Waals surface area contributed by atoms with Gasteiger partial charge in [0, 0.05) is 29.5 Å². The average molecular weight is 325 g/mol. The number of ether oxygens (including phenoxy) is 1. The second-order valence-electron chi connectivity index (χ2n) is 4.99. The van der Waals surface area contributed by atoms with E-state index in [1.807, 2.05) is 17.9 Å². The molecule has 2 aliphatic rings. The molecule has 1 fully saturated rings.